The zero-order valence-electron chi connectivity index (χ0n) is 10.4. The van der Waals surface area contributed by atoms with Gasteiger partial charge in [0.1, 0.15) is 17.5 Å². The molecule has 3 rings (SSSR count). The second-order valence-electron chi connectivity index (χ2n) is 4.35. The Hall–Kier alpha value is -0.980. The molecular weight excluding hydrogens is 429 g/mol. The molecule has 0 N–H and O–H groups in total. The standard InChI is InChI=1S/C14H7Br2ClF2N2/c15-8-3-7(1-2-10(8)18)21-13-4-9(16)11(19)5-12(13)20-14(21)6-17/h1-5H,6H2. The third kappa shape index (κ3) is 2.60. The zero-order chi connectivity index (χ0) is 15.1. The first-order chi connectivity index (χ1) is 10.0. The van der Waals surface area contributed by atoms with Gasteiger partial charge in [0.2, 0.25) is 0 Å². The molecular formula is C14H7Br2ClF2N2. The predicted molar refractivity (Wildman–Crippen MR) is 85.9 cm³/mol. The highest BCUT2D eigenvalue weighted by molar-refractivity contribution is 9.10. The van der Waals surface area contributed by atoms with Gasteiger partial charge in [-0.15, -0.1) is 11.6 Å². The van der Waals surface area contributed by atoms with E-state index in [0.717, 1.165) is 0 Å². The Kier molecular flexibility index (Phi) is 4.03. The Morgan fingerprint density at radius 2 is 1.76 bits per heavy atom. The Morgan fingerprint density at radius 1 is 1.05 bits per heavy atom. The molecule has 0 saturated heterocycles. The molecule has 0 bridgehead atoms. The summed E-state index contributed by atoms with van der Waals surface area (Å²) in [5, 5.41) is 0. The average molecular weight is 436 g/mol. The maximum atomic E-state index is 13.6. The van der Waals surface area contributed by atoms with Crippen molar-refractivity contribution in [2.75, 3.05) is 0 Å². The van der Waals surface area contributed by atoms with Gasteiger partial charge in [0.05, 0.1) is 25.9 Å². The van der Waals surface area contributed by atoms with E-state index in [9.17, 15) is 8.78 Å². The summed E-state index contributed by atoms with van der Waals surface area (Å²) >= 11 is 12.2. The van der Waals surface area contributed by atoms with Crippen molar-refractivity contribution < 1.29 is 8.78 Å². The second kappa shape index (κ2) is 5.66. The van der Waals surface area contributed by atoms with E-state index in [1.807, 2.05) is 0 Å². The number of alkyl halides is 1. The lowest BCUT2D eigenvalue weighted by atomic mass is 10.2. The van der Waals surface area contributed by atoms with Crippen molar-refractivity contribution in [3.63, 3.8) is 0 Å². The molecule has 2 nitrogen and oxygen atoms in total. The molecule has 0 atom stereocenters. The lowest BCUT2D eigenvalue weighted by molar-refractivity contribution is 0.620. The number of fused-ring (bicyclic) bond motifs is 1. The van der Waals surface area contributed by atoms with Crippen molar-refractivity contribution in [3.8, 4) is 5.69 Å². The molecule has 0 spiro atoms. The molecule has 0 aliphatic carbocycles. The van der Waals surface area contributed by atoms with Crippen molar-refractivity contribution in [1.29, 1.82) is 0 Å². The zero-order valence-corrected chi connectivity index (χ0v) is 14.3. The van der Waals surface area contributed by atoms with E-state index in [0.29, 0.717) is 31.5 Å². The number of hydrogen-bond acceptors (Lipinski definition) is 1. The van der Waals surface area contributed by atoms with Crippen LogP contribution in [0.1, 0.15) is 5.82 Å². The van der Waals surface area contributed by atoms with Crippen molar-refractivity contribution in [1.82, 2.24) is 9.55 Å². The van der Waals surface area contributed by atoms with E-state index in [1.54, 1.807) is 22.8 Å². The molecule has 1 heterocycles. The number of nitrogens with zero attached hydrogens (tertiary/aromatic N) is 2. The van der Waals surface area contributed by atoms with Gasteiger partial charge in [-0.05, 0) is 56.1 Å². The monoisotopic (exact) mass is 434 g/mol. The van der Waals surface area contributed by atoms with Crippen LogP contribution in [0.2, 0.25) is 0 Å². The molecule has 0 aliphatic heterocycles. The Labute approximate surface area is 141 Å². The summed E-state index contributed by atoms with van der Waals surface area (Å²) in [4.78, 5) is 4.32. The number of benzene rings is 2. The van der Waals surface area contributed by atoms with Gasteiger partial charge in [-0.3, -0.25) is 4.57 Å². The Morgan fingerprint density at radius 3 is 2.43 bits per heavy atom. The highest BCUT2D eigenvalue weighted by atomic mass is 79.9. The van der Waals surface area contributed by atoms with Crippen molar-refractivity contribution >= 4 is 54.5 Å². The van der Waals surface area contributed by atoms with E-state index in [-0.39, 0.29) is 11.7 Å². The van der Waals surface area contributed by atoms with Crippen LogP contribution in [0.3, 0.4) is 0 Å². The number of hydrogen-bond donors (Lipinski definition) is 0. The van der Waals surface area contributed by atoms with Crippen LogP contribution in [0.15, 0.2) is 39.3 Å². The van der Waals surface area contributed by atoms with Crippen molar-refractivity contribution in [3.05, 3.63) is 56.7 Å². The molecule has 108 valence electrons. The van der Waals surface area contributed by atoms with E-state index in [2.05, 4.69) is 36.8 Å². The molecule has 2 aromatic carbocycles. The molecule has 0 radical (unpaired) electrons. The van der Waals surface area contributed by atoms with Gasteiger partial charge in [-0.2, -0.15) is 0 Å². The normalized spacial score (nSPS) is 11.3. The minimum absolute atomic E-state index is 0.156. The summed E-state index contributed by atoms with van der Waals surface area (Å²) in [7, 11) is 0. The first kappa shape index (κ1) is 14.9. The third-order valence-electron chi connectivity index (χ3n) is 3.05. The molecule has 1 aromatic heterocycles. The van der Waals surface area contributed by atoms with Crippen LogP contribution < -0.4 is 0 Å². The van der Waals surface area contributed by atoms with E-state index in [1.165, 1.54) is 12.1 Å². The topological polar surface area (TPSA) is 17.8 Å². The molecule has 3 aromatic rings. The summed E-state index contributed by atoms with van der Waals surface area (Å²) in [5.41, 5.74) is 1.88. The van der Waals surface area contributed by atoms with Gasteiger partial charge in [0.25, 0.3) is 0 Å². The van der Waals surface area contributed by atoms with E-state index in [4.69, 9.17) is 11.6 Å². The summed E-state index contributed by atoms with van der Waals surface area (Å²) in [5.74, 6) is -0.0397. The van der Waals surface area contributed by atoms with Gasteiger partial charge in [-0.25, -0.2) is 13.8 Å². The molecule has 0 unspecified atom stereocenters. The first-order valence-corrected chi connectivity index (χ1v) is 8.01. The Balaban J connectivity index is 2.34. The smallest absolute Gasteiger partial charge is 0.139 e. The maximum Gasteiger partial charge on any atom is 0.139 e. The summed E-state index contributed by atoms with van der Waals surface area (Å²) < 4.78 is 29.5. The fourth-order valence-electron chi connectivity index (χ4n) is 2.12. The number of aromatic nitrogens is 2. The molecule has 0 saturated carbocycles. The predicted octanol–water partition coefficient (Wildman–Crippen LogP) is 5.57. The van der Waals surface area contributed by atoms with Crippen LogP contribution >= 0.6 is 43.5 Å². The molecule has 0 aliphatic rings. The molecule has 21 heavy (non-hydrogen) atoms. The van der Waals surface area contributed by atoms with Crippen molar-refractivity contribution in [2.24, 2.45) is 0 Å². The minimum atomic E-state index is -0.395. The molecule has 7 heteroatoms. The van der Waals surface area contributed by atoms with Crippen LogP contribution in [0.5, 0.6) is 0 Å². The summed E-state index contributed by atoms with van der Waals surface area (Å²) in [6.45, 7) is 0. The number of rotatable bonds is 2. The lowest BCUT2D eigenvalue weighted by Crippen LogP contribution is -2.00. The summed E-state index contributed by atoms with van der Waals surface area (Å²) in [6, 6.07) is 7.57. The first-order valence-electron chi connectivity index (χ1n) is 5.89. The van der Waals surface area contributed by atoms with Crippen LogP contribution in [-0.4, -0.2) is 9.55 Å². The van der Waals surface area contributed by atoms with Crippen LogP contribution in [0, 0.1) is 11.6 Å². The third-order valence-corrected chi connectivity index (χ3v) is 4.50. The minimum Gasteiger partial charge on any atom is -0.295 e. The van der Waals surface area contributed by atoms with Gasteiger partial charge in [0.15, 0.2) is 0 Å². The van der Waals surface area contributed by atoms with Gasteiger partial charge in [-0.1, -0.05) is 0 Å². The lowest BCUT2D eigenvalue weighted by Gasteiger charge is -2.09. The number of imidazole rings is 1. The maximum absolute atomic E-state index is 13.6. The fraction of sp³-hybridized carbons (Fsp3) is 0.0714. The quantitative estimate of drug-likeness (QED) is 0.481. The van der Waals surface area contributed by atoms with Crippen LogP contribution in [-0.2, 0) is 5.88 Å². The fourth-order valence-corrected chi connectivity index (χ4v) is 3.00. The van der Waals surface area contributed by atoms with Gasteiger partial charge >= 0.3 is 0 Å². The van der Waals surface area contributed by atoms with Crippen molar-refractivity contribution in [2.45, 2.75) is 5.88 Å². The van der Waals surface area contributed by atoms with E-state index >= 15 is 0 Å². The highest BCUT2D eigenvalue weighted by Crippen LogP contribution is 2.29. The SMILES string of the molecule is Fc1ccc(-n2c(CCl)nc3cc(F)c(Br)cc32)cc1Br. The highest BCUT2D eigenvalue weighted by Gasteiger charge is 2.15. The second-order valence-corrected chi connectivity index (χ2v) is 6.33. The molecule has 0 amide bonds. The number of halogens is 5. The summed E-state index contributed by atoms with van der Waals surface area (Å²) in [6.07, 6.45) is 0. The largest absolute Gasteiger partial charge is 0.295 e. The van der Waals surface area contributed by atoms with E-state index < -0.39 is 5.82 Å². The van der Waals surface area contributed by atoms with Crippen LogP contribution in [0.25, 0.3) is 16.7 Å². The van der Waals surface area contributed by atoms with Crippen LogP contribution in [0.4, 0.5) is 8.78 Å². The van der Waals surface area contributed by atoms with Gasteiger partial charge in [0, 0.05) is 11.8 Å². The van der Waals surface area contributed by atoms with Gasteiger partial charge < -0.3 is 0 Å². The Bertz CT molecular complexity index is 849. The average Bonchev–Trinajstić information content (AvgIpc) is 2.80. The molecule has 0 fully saturated rings.